The van der Waals surface area contributed by atoms with Gasteiger partial charge >= 0.3 is 6.09 Å². The summed E-state index contributed by atoms with van der Waals surface area (Å²) in [6.07, 6.45) is -0.430. The van der Waals surface area contributed by atoms with Crippen LogP contribution in [0.4, 0.5) is 4.79 Å². The van der Waals surface area contributed by atoms with Gasteiger partial charge in [0.25, 0.3) is 0 Å². The van der Waals surface area contributed by atoms with E-state index < -0.39 is 22.8 Å². The van der Waals surface area contributed by atoms with Gasteiger partial charge in [0.05, 0.1) is 17.6 Å². The van der Waals surface area contributed by atoms with Crippen LogP contribution in [-0.4, -0.2) is 42.4 Å². The van der Waals surface area contributed by atoms with E-state index in [0.717, 1.165) is 5.69 Å². The van der Waals surface area contributed by atoms with Crippen molar-refractivity contribution in [2.45, 2.75) is 37.9 Å². The quantitative estimate of drug-likeness (QED) is 0.872. The molecule has 0 aromatic carbocycles. The van der Waals surface area contributed by atoms with Gasteiger partial charge in [-0.1, -0.05) is 0 Å². The first-order valence-electron chi connectivity index (χ1n) is 6.68. The fourth-order valence-corrected chi connectivity index (χ4v) is 2.24. The Balaban J connectivity index is 2.14. The number of carbonyl (C=O) groups is 1. The number of rotatable bonds is 3. The maximum absolute atomic E-state index is 11.9. The van der Waals surface area contributed by atoms with Crippen molar-refractivity contribution in [3.63, 3.8) is 0 Å². The predicted molar refractivity (Wildman–Crippen MR) is 81.0 cm³/mol. The summed E-state index contributed by atoms with van der Waals surface area (Å²) in [5.74, 6) is 0. The van der Waals surface area contributed by atoms with E-state index in [1.807, 2.05) is 0 Å². The van der Waals surface area contributed by atoms with Crippen LogP contribution in [0.2, 0.25) is 0 Å². The van der Waals surface area contributed by atoms with Crippen molar-refractivity contribution in [2.75, 3.05) is 7.05 Å². The lowest BCUT2D eigenvalue weighted by atomic mass is 10.2. The zero-order valence-electron chi connectivity index (χ0n) is 12.9. The summed E-state index contributed by atoms with van der Waals surface area (Å²) in [7, 11) is 1.63. The Morgan fingerprint density at radius 3 is 2.73 bits per heavy atom. The molecule has 0 radical (unpaired) electrons. The van der Waals surface area contributed by atoms with Crippen LogP contribution >= 0.6 is 0 Å². The second-order valence-electron chi connectivity index (χ2n) is 5.95. The first-order valence-corrected chi connectivity index (χ1v) is 7.75. The van der Waals surface area contributed by atoms with Crippen LogP contribution in [0.1, 0.15) is 26.5 Å². The van der Waals surface area contributed by atoms with Crippen LogP contribution in [0, 0.1) is 0 Å². The number of nitrogens with one attached hydrogen (secondary N) is 1. The van der Waals surface area contributed by atoms with Gasteiger partial charge in [0.1, 0.15) is 10.6 Å². The van der Waals surface area contributed by atoms with Crippen molar-refractivity contribution >= 4 is 28.2 Å². The standard InChI is InChI=1S/C14H19N3O4S/c1-14(2,3)21-13(18)17(4)8-9-7-11-10(15-9)5-6-12(16-11)22(19)20/h5-7,15H,8H2,1-4H3,(H,19,20)/p-1. The zero-order chi connectivity index (χ0) is 16.5. The van der Waals surface area contributed by atoms with Crippen molar-refractivity contribution in [3.8, 4) is 0 Å². The van der Waals surface area contributed by atoms with Crippen LogP contribution in [0.3, 0.4) is 0 Å². The molecule has 0 fully saturated rings. The first-order chi connectivity index (χ1) is 10.2. The van der Waals surface area contributed by atoms with Gasteiger partial charge in [-0.3, -0.25) is 4.21 Å². The van der Waals surface area contributed by atoms with Gasteiger partial charge in [-0.25, -0.2) is 9.78 Å². The van der Waals surface area contributed by atoms with E-state index in [4.69, 9.17) is 4.74 Å². The van der Waals surface area contributed by atoms with Gasteiger partial charge in [-0.15, -0.1) is 0 Å². The minimum Gasteiger partial charge on any atom is -0.767 e. The Morgan fingerprint density at radius 2 is 2.14 bits per heavy atom. The number of hydrogen-bond acceptors (Lipinski definition) is 5. The average Bonchev–Trinajstić information content (AvgIpc) is 2.77. The number of fused-ring (bicyclic) bond motifs is 1. The number of ether oxygens (including phenoxy) is 1. The highest BCUT2D eigenvalue weighted by Gasteiger charge is 2.20. The van der Waals surface area contributed by atoms with Gasteiger partial charge in [-0.05, 0) is 50.1 Å². The summed E-state index contributed by atoms with van der Waals surface area (Å²) in [6, 6.07) is 4.78. The molecule has 1 atom stereocenters. The van der Waals surface area contributed by atoms with Crippen molar-refractivity contribution in [1.82, 2.24) is 14.9 Å². The summed E-state index contributed by atoms with van der Waals surface area (Å²) >= 11 is -2.36. The van der Waals surface area contributed by atoms with Gasteiger partial charge in [0, 0.05) is 12.7 Å². The van der Waals surface area contributed by atoms with Crippen molar-refractivity contribution in [2.24, 2.45) is 0 Å². The van der Waals surface area contributed by atoms with Gasteiger partial charge in [0.15, 0.2) is 0 Å². The molecule has 0 aliphatic rings. The molecular formula is C14H18N3O4S-. The summed E-state index contributed by atoms with van der Waals surface area (Å²) < 4.78 is 27.1. The second-order valence-corrected chi connectivity index (χ2v) is 6.84. The monoisotopic (exact) mass is 324 g/mol. The molecule has 0 aliphatic heterocycles. The van der Waals surface area contributed by atoms with E-state index in [1.54, 1.807) is 40.0 Å². The molecular weight excluding hydrogens is 306 g/mol. The van der Waals surface area contributed by atoms with Crippen LogP contribution in [0.25, 0.3) is 11.0 Å². The van der Waals surface area contributed by atoms with Gasteiger partial charge < -0.3 is 19.2 Å². The number of amides is 1. The van der Waals surface area contributed by atoms with E-state index in [0.29, 0.717) is 17.6 Å². The normalized spacial score (nSPS) is 13.1. The van der Waals surface area contributed by atoms with E-state index in [9.17, 15) is 13.6 Å². The number of aromatic nitrogens is 2. The molecule has 7 nitrogen and oxygen atoms in total. The number of aromatic amines is 1. The van der Waals surface area contributed by atoms with Crippen LogP contribution in [0.5, 0.6) is 0 Å². The first kappa shape index (κ1) is 16.4. The molecule has 1 N–H and O–H groups in total. The number of carbonyl (C=O) groups excluding carboxylic acids is 1. The van der Waals surface area contributed by atoms with E-state index in [2.05, 4.69) is 9.97 Å². The number of H-pyrrole nitrogens is 1. The molecule has 1 amide bonds. The largest absolute Gasteiger partial charge is 0.767 e. The van der Waals surface area contributed by atoms with E-state index >= 15 is 0 Å². The molecule has 2 aromatic heterocycles. The minimum absolute atomic E-state index is 0.0152. The fourth-order valence-electron chi connectivity index (χ4n) is 1.88. The second kappa shape index (κ2) is 6.05. The number of hydrogen-bond donors (Lipinski definition) is 1. The maximum Gasteiger partial charge on any atom is 0.410 e. The lowest BCUT2D eigenvalue weighted by Gasteiger charge is -2.24. The minimum atomic E-state index is -2.36. The van der Waals surface area contributed by atoms with Crippen LogP contribution in [0.15, 0.2) is 23.2 Å². The highest BCUT2D eigenvalue weighted by Crippen LogP contribution is 2.17. The van der Waals surface area contributed by atoms with Crippen LogP contribution < -0.4 is 0 Å². The summed E-state index contributed by atoms with van der Waals surface area (Å²) in [5.41, 5.74) is 1.43. The Bertz CT molecular complexity index is 720. The molecule has 2 heterocycles. The Kier molecular flexibility index (Phi) is 4.52. The number of pyridine rings is 1. The Morgan fingerprint density at radius 1 is 1.45 bits per heavy atom. The van der Waals surface area contributed by atoms with E-state index in [1.165, 1.54) is 11.0 Å². The smallest absolute Gasteiger partial charge is 0.410 e. The fraction of sp³-hybridized carbons (Fsp3) is 0.429. The molecule has 0 aliphatic carbocycles. The molecule has 2 aromatic rings. The molecule has 0 bridgehead atoms. The summed E-state index contributed by atoms with van der Waals surface area (Å²) in [4.78, 5) is 20.5. The lowest BCUT2D eigenvalue weighted by Crippen LogP contribution is -2.33. The third-order valence-corrected chi connectivity index (χ3v) is 3.36. The lowest BCUT2D eigenvalue weighted by molar-refractivity contribution is 0.0283. The average molecular weight is 324 g/mol. The molecule has 22 heavy (non-hydrogen) atoms. The SMILES string of the molecule is CN(Cc1cc2nc(S(=O)[O-])ccc2[nH]1)C(=O)OC(C)(C)C. The maximum atomic E-state index is 11.9. The van der Waals surface area contributed by atoms with Gasteiger partial charge in [0.2, 0.25) is 0 Å². The molecule has 1 unspecified atom stereocenters. The van der Waals surface area contributed by atoms with Crippen molar-refractivity contribution in [1.29, 1.82) is 0 Å². The Labute approximate surface area is 131 Å². The number of nitrogens with zero attached hydrogens (tertiary/aromatic N) is 2. The van der Waals surface area contributed by atoms with Crippen molar-refractivity contribution in [3.05, 3.63) is 23.9 Å². The topological polar surface area (TPSA) is 98.4 Å². The third kappa shape index (κ3) is 4.05. The summed E-state index contributed by atoms with van der Waals surface area (Å²) in [6.45, 7) is 5.71. The summed E-state index contributed by atoms with van der Waals surface area (Å²) in [5, 5.41) is -0.0152. The predicted octanol–water partition coefficient (Wildman–Crippen LogP) is 2.17. The van der Waals surface area contributed by atoms with Crippen LogP contribution in [-0.2, 0) is 22.4 Å². The highest BCUT2D eigenvalue weighted by molar-refractivity contribution is 7.79. The third-order valence-electron chi connectivity index (χ3n) is 2.79. The Hall–Kier alpha value is -1.93. The highest BCUT2D eigenvalue weighted by atomic mass is 32.2. The molecule has 0 saturated heterocycles. The molecule has 0 spiro atoms. The molecule has 8 heteroatoms. The molecule has 0 saturated carbocycles. The molecule has 120 valence electrons. The molecule has 2 rings (SSSR count). The van der Waals surface area contributed by atoms with E-state index in [-0.39, 0.29) is 5.03 Å². The zero-order valence-corrected chi connectivity index (χ0v) is 13.7. The van der Waals surface area contributed by atoms with Crippen molar-refractivity contribution < 1.29 is 18.3 Å². The van der Waals surface area contributed by atoms with Gasteiger partial charge in [-0.2, -0.15) is 0 Å².